The summed E-state index contributed by atoms with van der Waals surface area (Å²) < 4.78 is 31.8. The Bertz CT molecular complexity index is 338. The minimum Gasteiger partial charge on any atom is -0.394 e. The standard InChI is InChI=1S/C11H19IN2O6/c1-13-2-6-18-10-9-8(20-11(10)19-6)5(4-15)16-7(17-9)3-14-12/h5-11,13-15H,2-4H2,1H3. The first-order valence-electron chi connectivity index (χ1n) is 6.63. The molecule has 3 aliphatic heterocycles. The van der Waals surface area contributed by atoms with E-state index in [-0.39, 0.29) is 31.2 Å². The van der Waals surface area contributed by atoms with Crippen molar-refractivity contribution in [1.82, 2.24) is 8.85 Å². The molecule has 0 amide bonds. The van der Waals surface area contributed by atoms with Gasteiger partial charge in [0.25, 0.3) is 0 Å². The van der Waals surface area contributed by atoms with E-state index in [1.807, 2.05) is 29.9 Å². The number of hydrogen-bond donors (Lipinski definition) is 3. The van der Waals surface area contributed by atoms with Crippen molar-refractivity contribution in [1.29, 1.82) is 0 Å². The largest absolute Gasteiger partial charge is 0.394 e. The number of fused-ring (bicyclic) bond motifs is 3. The molecule has 0 aromatic carbocycles. The molecule has 3 rings (SSSR count). The maximum absolute atomic E-state index is 9.45. The van der Waals surface area contributed by atoms with Gasteiger partial charge in [-0.05, 0) is 7.05 Å². The first-order valence-corrected chi connectivity index (χ1v) is 7.71. The Labute approximate surface area is 130 Å². The van der Waals surface area contributed by atoms with Crippen LogP contribution in [0.4, 0.5) is 0 Å². The van der Waals surface area contributed by atoms with Gasteiger partial charge in [-0.3, -0.25) is 3.53 Å². The van der Waals surface area contributed by atoms with Gasteiger partial charge in [-0.2, -0.15) is 0 Å². The monoisotopic (exact) mass is 402 g/mol. The molecule has 0 aliphatic carbocycles. The molecule has 0 radical (unpaired) electrons. The van der Waals surface area contributed by atoms with E-state index in [9.17, 15) is 5.11 Å². The van der Waals surface area contributed by atoms with Crippen molar-refractivity contribution < 1.29 is 28.8 Å². The van der Waals surface area contributed by atoms with Crippen molar-refractivity contribution in [2.75, 3.05) is 26.7 Å². The smallest absolute Gasteiger partial charge is 0.190 e. The zero-order chi connectivity index (χ0) is 14.1. The Morgan fingerprint density at radius 2 is 1.70 bits per heavy atom. The molecule has 3 N–H and O–H groups in total. The van der Waals surface area contributed by atoms with Crippen molar-refractivity contribution in [3.8, 4) is 0 Å². The summed E-state index contributed by atoms with van der Waals surface area (Å²) in [6.07, 6.45) is -2.60. The highest BCUT2D eigenvalue weighted by atomic mass is 127. The summed E-state index contributed by atoms with van der Waals surface area (Å²) in [5.74, 6) is 0. The van der Waals surface area contributed by atoms with Crippen LogP contribution in [0.25, 0.3) is 0 Å². The van der Waals surface area contributed by atoms with Gasteiger partial charge in [0.05, 0.1) is 13.2 Å². The van der Waals surface area contributed by atoms with E-state index in [1.165, 1.54) is 0 Å². The number of nitrogens with one attached hydrogen (secondary N) is 2. The third kappa shape index (κ3) is 2.83. The number of ether oxygens (including phenoxy) is 5. The molecule has 0 aromatic rings. The first-order chi connectivity index (χ1) is 9.76. The Morgan fingerprint density at radius 1 is 0.950 bits per heavy atom. The Kier molecular flexibility index (Phi) is 5.10. The van der Waals surface area contributed by atoms with Crippen LogP contribution >= 0.6 is 22.9 Å². The summed E-state index contributed by atoms with van der Waals surface area (Å²) in [5.41, 5.74) is 0. The summed E-state index contributed by atoms with van der Waals surface area (Å²) in [5, 5.41) is 12.4. The van der Waals surface area contributed by atoms with Crippen molar-refractivity contribution in [3.63, 3.8) is 0 Å². The van der Waals surface area contributed by atoms with Crippen LogP contribution in [0.3, 0.4) is 0 Å². The second-order valence-corrected chi connectivity index (χ2v) is 5.68. The van der Waals surface area contributed by atoms with Crippen molar-refractivity contribution in [2.45, 2.75) is 43.3 Å². The highest BCUT2D eigenvalue weighted by molar-refractivity contribution is 14.1. The molecule has 3 heterocycles. The van der Waals surface area contributed by atoms with E-state index >= 15 is 0 Å². The fraction of sp³-hybridized carbons (Fsp3) is 1.00. The molecule has 7 atom stereocenters. The van der Waals surface area contributed by atoms with E-state index in [2.05, 4.69) is 8.85 Å². The number of halogens is 1. The Hall–Kier alpha value is 0.410. The molecule has 3 fully saturated rings. The predicted octanol–water partition coefficient (Wildman–Crippen LogP) is -1.29. The van der Waals surface area contributed by atoms with Gasteiger partial charge in [0, 0.05) is 29.4 Å². The lowest BCUT2D eigenvalue weighted by Crippen LogP contribution is -2.54. The average molecular weight is 402 g/mol. The van der Waals surface area contributed by atoms with Gasteiger partial charge < -0.3 is 34.1 Å². The van der Waals surface area contributed by atoms with Crippen LogP contribution in [-0.2, 0) is 23.7 Å². The van der Waals surface area contributed by atoms with Gasteiger partial charge in [-0.15, -0.1) is 0 Å². The highest BCUT2D eigenvalue weighted by Crippen LogP contribution is 2.39. The van der Waals surface area contributed by atoms with Gasteiger partial charge in [0.2, 0.25) is 0 Å². The molecule has 0 bridgehead atoms. The van der Waals surface area contributed by atoms with Gasteiger partial charge in [-0.1, -0.05) is 0 Å². The second-order valence-electron chi connectivity index (χ2n) is 4.92. The summed E-state index contributed by atoms with van der Waals surface area (Å²) >= 11 is 2.03. The lowest BCUT2D eigenvalue weighted by Gasteiger charge is -2.38. The fourth-order valence-corrected chi connectivity index (χ4v) is 3.12. The number of rotatable bonds is 5. The van der Waals surface area contributed by atoms with Gasteiger partial charge in [0.1, 0.15) is 24.4 Å². The van der Waals surface area contributed by atoms with E-state index in [1.54, 1.807) is 0 Å². The Balaban J connectivity index is 1.68. The molecule has 0 spiro atoms. The molecule has 0 saturated carbocycles. The van der Waals surface area contributed by atoms with Gasteiger partial charge >= 0.3 is 0 Å². The number of likely N-dealkylation sites (N-methyl/N-ethyl adjacent to an activating group) is 1. The molecule has 7 unspecified atom stereocenters. The van der Waals surface area contributed by atoms with Crippen LogP contribution in [0.1, 0.15) is 0 Å². The summed E-state index contributed by atoms with van der Waals surface area (Å²) in [6, 6.07) is 0. The SMILES string of the molecule is CNCC1OC2OC3C(CO)OC(CNI)OC3C2O1. The minimum absolute atomic E-state index is 0.123. The van der Waals surface area contributed by atoms with Crippen LogP contribution in [0.5, 0.6) is 0 Å². The minimum atomic E-state index is -0.465. The van der Waals surface area contributed by atoms with E-state index in [0.717, 1.165) is 0 Å². The maximum atomic E-state index is 9.45. The lowest BCUT2D eigenvalue weighted by atomic mass is 10.0. The quantitative estimate of drug-likeness (QED) is 0.387. The van der Waals surface area contributed by atoms with Crippen LogP contribution < -0.4 is 8.85 Å². The molecule has 9 heteroatoms. The van der Waals surface area contributed by atoms with E-state index in [0.29, 0.717) is 13.1 Å². The molecule has 8 nitrogen and oxygen atoms in total. The normalized spacial score (nSPS) is 47.2. The molecule has 116 valence electrons. The Morgan fingerprint density at radius 3 is 2.40 bits per heavy atom. The van der Waals surface area contributed by atoms with Gasteiger partial charge in [-0.25, -0.2) is 0 Å². The third-order valence-corrected chi connectivity index (χ3v) is 4.04. The molecule has 3 saturated heterocycles. The highest BCUT2D eigenvalue weighted by Gasteiger charge is 2.58. The molecule has 3 aliphatic rings. The average Bonchev–Trinajstić information content (AvgIpc) is 2.96. The summed E-state index contributed by atoms with van der Waals surface area (Å²) in [4.78, 5) is 0. The first kappa shape index (κ1) is 15.3. The zero-order valence-electron chi connectivity index (χ0n) is 11.0. The van der Waals surface area contributed by atoms with Crippen LogP contribution in [-0.4, -0.2) is 75.1 Å². The number of hydrogen-bond acceptors (Lipinski definition) is 8. The van der Waals surface area contributed by atoms with Gasteiger partial charge in [0.15, 0.2) is 18.9 Å². The van der Waals surface area contributed by atoms with Crippen molar-refractivity contribution in [3.05, 3.63) is 0 Å². The van der Waals surface area contributed by atoms with Crippen molar-refractivity contribution in [2.24, 2.45) is 0 Å². The fourth-order valence-electron chi connectivity index (χ4n) is 2.76. The topological polar surface area (TPSA) is 90.4 Å². The molecular weight excluding hydrogens is 383 g/mol. The molecular formula is C11H19IN2O6. The molecule has 20 heavy (non-hydrogen) atoms. The van der Waals surface area contributed by atoms with E-state index < -0.39 is 18.7 Å². The maximum Gasteiger partial charge on any atom is 0.190 e. The molecule has 0 aromatic heterocycles. The lowest BCUT2D eigenvalue weighted by molar-refractivity contribution is -0.297. The second kappa shape index (κ2) is 6.67. The van der Waals surface area contributed by atoms with Crippen molar-refractivity contribution >= 4 is 22.9 Å². The summed E-state index contributed by atoms with van der Waals surface area (Å²) in [6.45, 7) is 0.993. The van der Waals surface area contributed by atoms with Crippen LogP contribution in [0.2, 0.25) is 0 Å². The van der Waals surface area contributed by atoms with E-state index in [4.69, 9.17) is 23.7 Å². The predicted molar refractivity (Wildman–Crippen MR) is 75.0 cm³/mol. The zero-order valence-corrected chi connectivity index (χ0v) is 13.2. The van der Waals surface area contributed by atoms with Crippen LogP contribution in [0.15, 0.2) is 0 Å². The number of aliphatic hydroxyl groups excluding tert-OH is 1. The van der Waals surface area contributed by atoms with Crippen LogP contribution in [0, 0.1) is 0 Å². The third-order valence-electron chi connectivity index (χ3n) is 3.60. The summed E-state index contributed by atoms with van der Waals surface area (Å²) in [7, 11) is 1.83. The number of aliphatic hydroxyl groups is 1.